The summed E-state index contributed by atoms with van der Waals surface area (Å²) in [4.78, 5) is 38.0. The minimum Gasteiger partial charge on any atom is -0.495 e. The first-order chi connectivity index (χ1) is 24.6. The number of carbonyl (C=O) groups excluding carboxylic acids is 1. The average molecular weight is 722 g/mol. The zero-order valence-electron chi connectivity index (χ0n) is 27.7. The third kappa shape index (κ3) is 6.51. The van der Waals surface area contributed by atoms with Crippen molar-refractivity contribution in [2.45, 2.75) is 12.5 Å². The van der Waals surface area contributed by atoms with E-state index >= 15 is 13.6 Å². The average Bonchev–Trinajstić information content (AvgIpc) is 3.13. The molecule has 0 spiro atoms. The third-order valence-electron chi connectivity index (χ3n) is 8.41. The second-order valence-electron chi connectivity index (χ2n) is 11.3. The molecule has 6 rings (SSSR count). The Bertz CT molecular complexity index is 2320. The number of hydrogen-bond donors (Lipinski definition) is 3. The first kappa shape index (κ1) is 36.6. The Morgan fingerprint density at radius 1 is 0.923 bits per heavy atom. The van der Waals surface area contributed by atoms with Gasteiger partial charge in [0.15, 0.2) is 11.6 Å². The monoisotopic (exact) mass is 721 g/mol. The van der Waals surface area contributed by atoms with Crippen LogP contribution < -0.4 is 25.8 Å². The second-order valence-corrected chi connectivity index (χ2v) is 11.3. The summed E-state index contributed by atoms with van der Waals surface area (Å²) in [6.45, 7) is 0. The highest BCUT2D eigenvalue weighted by Crippen LogP contribution is 2.48. The van der Waals surface area contributed by atoms with Crippen LogP contribution in [0.4, 0.5) is 31.9 Å². The Hall–Kier alpha value is -6.63. The molecule has 0 fully saturated rings. The predicted molar refractivity (Wildman–Crippen MR) is 194 cm³/mol. The van der Waals surface area contributed by atoms with E-state index in [1.165, 1.54) is 25.3 Å². The second kappa shape index (κ2) is 15.1. The van der Waals surface area contributed by atoms with Crippen molar-refractivity contribution in [1.82, 2.24) is 9.97 Å². The van der Waals surface area contributed by atoms with Crippen LogP contribution >= 0.6 is 12.4 Å². The van der Waals surface area contributed by atoms with E-state index < -0.39 is 52.5 Å². The number of nitrogens with zero attached hydrogens (tertiary/aromatic N) is 3. The topological polar surface area (TPSA) is 154 Å². The van der Waals surface area contributed by atoms with Gasteiger partial charge in [-0.2, -0.15) is 4.98 Å². The van der Waals surface area contributed by atoms with Crippen molar-refractivity contribution in [3.05, 3.63) is 131 Å². The highest BCUT2D eigenvalue weighted by molar-refractivity contribution is 6.21. The van der Waals surface area contributed by atoms with Crippen LogP contribution in [0, 0.1) is 40.7 Å². The van der Waals surface area contributed by atoms with E-state index in [1.54, 1.807) is 78.9 Å². The van der Waals surface area contributed by atoms with Gasteiger partial charge in [-0.15, -0.1) is 12.4 Å². The van der Waals surface area contributed by atoms with Crippen molar-refractivity contribution in [3.63, 3.8) is 0 Å². The minimum atomic E-state index is -2.74. The summed E-state index contributed by atoms with van der Waals surface area (Å²) in [5.74, 6) is 6.70. The molecule has 0 saturated carbocycles. The number of halogens is 3. The number of carboxylic acids is 1. The van der Waals surface area contributed by atoms with Gasteiger partial charge in [0, 0.05) is 35.5 Å². The molecule has 2 unspecified atom stereocenters. The Kier molecular flexibility index (Phi) is 10.6. The van der Waals surface area contributed by atoms with Gasteiger partial charge >= 0.3 is 5.97 Å². The van der Waals surface area contributed by atoms with Gasteiger partial charge < -0.3 is 30.9 Å². The number of carboxylic acid groups (broad SMARTS) is 1. The van der Waals surface area contributed by atoms with Gasteiger partial charge in [-0.25, -0.2) is 18.6 Å². The minimum absolute atomic E-state index is 0. The molecule has 5 aromatic rings. The highest BCUT2D eigenvalue weighted by atomic mass is 35.5. The lowest BCUT2D eigenvalue weighted by Crippen LogP contribution is -2.58. The number of nitrogens with two attached hydrogens (primary N) is 2. The lowest BCUT2D eigenvalue weighted by atomic mass is 9.68. The quantitative estimate of drug-likeness (QED) is 0.144. The summed E-state index contributed by atoms with van der Waals surface area (Å²) in [5, 5.41) is 11.2. The molecule has 13 heteroatoms. The fourth-order valence-electron chi connectivity index (χ4n) is 5.95. The van der Waals surface area contributed by atoms with Gasteiger partial charge in [-0.05, 0) is 36.4 Å². The summed E-state index contributed by atoms with van der Waals surface area (Å²) in [7, 11) is 2.86. The number of hydrogen-bond acceptors (Lipinski definition) is 9. The lowest BCUT2D eigenvalue weighted by molar-refractivity contribution is -0.143. The van der Waals surface area contributed by atoms with E-state index in [4.69, 9.17) is 20.9 Å². The molecule has 5 N–H and O–H groups in total. The maximum absolute atomic E-state index is 16.4. The SMILES string of the molecule is COc1ccccc1C#CC1N(c2ccccc2)c2c(F)cc(F)c(Cc3cnc(N)nc3N)c2C(=O)C1(C#Cc1ccccc1OC)C(=O)O.Cl. The number of aromatic nitrogens is 2. The summed E-state index contributed by atoms with van der Waals surface area (Å²) in [6.07, 6.45) is 0.838. The Balaban J connectivity index is 0.00000523. The van der Waals surface area contributed by atoms with Gasteiger partial charge in [-0.1, -0.05) is 66.1 Å². The van der Waals surface area contributed by atoms with Crippen molar-refractivity contribution in [2.75, 3.05) is 30.6 Å². The van der Waals surface area contributed by atoms with Gasteiger partial charge in [0.2, 0.25) is 11.4 Å². The van der Waals surface area contributed by atoms with E-state index in [0.29, 0.717) is 23.1 Å². The molecule has 2 heterocycles. The number of carbonyl (C=O) groups is 2. The number of rotatable bonds is 6. The summed E-state index contributed by atoms with van der Waals surface area (Å²) < 4.78 is 43.3. The summed E-state index contributed by atoms with van der Waals surface area (Å²) in [6, 6.07) is 20.4. The van der Waals surface area contributed by atoms with E-state index in [-0.39, 0.29) is 46.6 Å². The van der Waals surface area contributed by atoms with Crippen LogP contribution in [0.15, 0.2) is 91.1 Å². The van der Waals surface area contributed by atoms with Gasteiger partial charge in [-0.3, -0.25) is 4.79 Å². The standard InChI is InChI=1S/C39H29F2N5O5.ClH/c1-50-30-14-8-6-10-23(30)16-17-32-39(37(48)49,19-18-24-11-7-9-15-31(24)51-2)35(47)33-27(20-25-22-44-38(43)45-36(25)42)28(40)21-29(41)34(33)46(32)26-12-4-3-5-13-26;/h3-15,21-22,32H,20H2,1-2H3,(H,48,49)(H4,42,43,44,45);1H. The van der Waals surface area contributed by atoms with Crippen LogP contribution in [-0.4, -0.2) is 47.1 Å². The number of benzene rings is 4. The fourth-order valence-corrected chi connectivity index (χ4v) is 5.95. The first-order valence-electron chi connectivity index (χ1n) is 15.4. The Morgan fingerprint density at radius 2 is 1.52 bits per heavy atom. The largest absolute Gasteiger partial charge is 0.495 e. The molecule has 4 aromatic carbocycles. The molecule has 0 amide bonds. The van der Waals surface area contributed by atoms with Gasteiger partial charge in [0.25, 0.3) is 0 Å². The number of ether oxygens (including phenoxy) is 2. The van der Waals surface area contributed by atoms with Crippen molar-refractivity contribution < 1.29 is 33.0 Å². The Labute approximate surface area is 303 Å². The number of nitrogen functional groups attached to an aromatic ring is 2. The first-order valence-corrected chi connectivity index (χ1v) is 15.4. The molecule has 262 valence electrons. The predicted octanol–water partition coefficient (Wildman–Crippen LogP) is 5.83. The van der Waals surface area contributed by atoms with E-state index in [1.807, 2.05) is 0 Å². The zero-order valence-corrected chi connectivity index (χ0v) is 28.5. The number of anilines is 4. The maximum Gasteiger partial charge on any atom is 0.333 e. The number of Topliss-reactive ketones (excluding diaryl/α,β-unsaturated/α-hetero) is 1. The number of fused-ring (bicyclic) bond motifs is 1. The molecule has 1 aliphatic rings. The maximum atomic E-state index is 16.4. The van der Waals surface area contributed by atoms with Crippen LogP contribution in [0.25, 0.3) is 0 Å². The van der Waals surface area contributed by atoms with Crippen LogP contribution in [0.5, 0.6) is 11.5 Å². The number of ketones is 1. The number of methoxy groups -OCH3 is 2. The number of aliphatic carboxylic acids is 1. The van der Waals surface area contributed by atoms with Crippen LogP contribution in [0.2, 0.25) is 0 Å². The van der Waals surface area contributed by atoms with E-state index in [2.05, 4.69) is 33.6 Å². The van der Waals surface area contributed by atoms with E-state index in [9.17, 15) is 9.90 Å². The molecule has 0 bridgehead atoms. The molecule has 0 saturated heterocycles. The molecule has 52 heavy (non-hydrogen) atoms. The van der Waals surface area contributed by atoms with Crippen LogP contribution in [0.3, 0.4) is 0 Å². The van der Waals surface area contributed by atoms with Crippen molar-refractivity contribution in [1.29, 1.82) is 0 Å². The highest BCUT2D eigenvalue weighted by Gasteiger charge is 2.60. The molecular weight excluding hydrogens is 692 g/mol. The van der Waals surface area contributed by atoms with E-state index in [0.717, 1.165) is 0 Å². The summed E-state index contributed by atoms with van der Waals surface area (Å²) in [5.41, 5.74) is 8.75. The third-order valence-corrected chi connectivity index (χ3v) is 8.41. The Morgan fingerprint density at radius 3 is 2.12 bits per heavy atom. The van der Waals surface area contributed by atoms with Gasteiger partial charge in [0.05, 0.1) is 36.6 Å². The van der Waals surface area contributed by atoms with Crippen molar-refractivity contribution in [2.24, 2.45) is 5.41 Å². The number of para-hydroxylation sites is 3. The molecule has 0 aliphatic carbocycles. The molecule has 1 aliphatic heterocycles. The molecular formula is C39H30ClF2N5O5. The fraction of sp³-hybridized carbons (Fsp3) is 0.128. The van der Waals surface area contributed by atoms with Crippen LogP contribution in [-0.2, 0) is 11.2 Å². The lowest BCUT2D eigenvalue weighted by Gasteiger charge is -2.44. The molecule has 1 aromatic heterocycles. The molecule has 0 radical (unpaired) electrons. The molecule has 2 atom stereocenters. The smallest absolute Gasteiger partial charge is 0.333 e. The zero-order chi connectivity index (χ0) is 36.3. The van der Waals surface area contributed by atoms with Crippen LogP contribution in [0.1, 0.15) is 32.6 Å². The summed E-state index contributed by atoms with van der Waals surface area (Å²) >= 11 is 0. The van der Waals surface area contributed by atoms with Crippen molar-refractivity contribution >= 4 is 47.3 Å². The van der Waals surface area contributed by atoms with Gasteiger partial charge in [0.1, 0.15) is 29.2 Å². The normalized spacial score (nSPS) is 15.9. The molecule has 10 nitrogen and oxygen atoms in total. The van der Waals surface area contributed by atoms with Crippen molar-refractivity contribution in [3.8, 4) is 35.2 Å².